The minimum absolute atomic E-state index is 0.327. The predicted octanol–water partition coefficient (Wildman–Crippen LogP) is 2.36. The van der Waals surface area contributed by atoms with Gasteiger partial charge in [-0.1, -0.05) is 13.8 Å². The van der Waals surface area contributed by atoms with E-state index in [0.29, 0.717) is 29.8 Å². The van der Waals surface area contributed by atoms with Crippen molar-refractivity contribution >= 4 is 21.4 Å². The Labute approximate surface area is 129 Å². The summed E-state index contributed by atoms with van der Waals surface area (Å²) in [5.74, 6) is 0.769. The summed E-state index contributed by atoms with van der Waals surface area (Å²) in [5.41, 5.74) is 0. The molecule has 2 N–H and O–H groups in total. The number of nitrogens with one attached hydrogen (secondary N) is 2. The molecule has 2 rings (SSSR count). The van der Waals surface area contributed by atoms with Crippen LogP contribution >= 0.6 is 11.3 Å². The van der Waals surface area contributed by atoms with Crippen LogP contribution in [0.15, 0.2) is 39.2 Å². The zero-order valence-electron chi connectivity index (χ0n) is 12.1. The highest BCUT2D eigenvalue weighted by molar-refractivity contribution is 7.91. The molecular formula is C14H20N2O3S2. The van der Waals surface area contributed by atoms with Crippen LogP contribution in [0.1, 0.15) is 24.5 Å². The van der Waals surface area contributed by atoms with Crippen LogP contribution in [0.2, 0.25) is 0 Å². The van der Waals surface area contributed by atoms with Gasteiger partial charge in [-0.15, -0.1) is 11.3 Å². The average molecular weight is 328 g/mol. The van der Waals surface area contributed by atoms with Crippen LogP contribution in [0.5, 0.6) is 0 Å². The van der Waals surface area contributed by atoms with Crippen molar-refractivity contribution in [3.05, 3.63) is 41.2 Å². The first-order valence-corrected chi connectivity index (χ1v) is 9.11. The summed E-state index contributed by atoms with van der Waals surface area (Å²) >= 11 is 1.29. The fourth-order valence-corrected chi connectivity index (χ4v) is 4.12. The third-order valence-electron chi connectivity index (χ3n) is 2.83. The number of hydrogen-bond acceptors (Lipinski definition) is 5. The molecule has 0 aromatic carbocycles. The van der Waals surface area contributed by atoms with Crippen LogP contribution in [-0.2, 0) is 23.0 Å². The maximum Gasteiger partial charge on any atom is 0.250 e. The van der Waals surface area contributed by atoms with Crippen molar-refractivity contribution in [1.29, 1.82) is 0 Å². The van der Waals surface area contributed by atoms with Crippen LogP contribution < -0.4 is 10.0 Å². The Morgan fingerprint density at radius 2 is 2.10 bits per heavy atom. The van der Waals surface area contributed by atoms with E-state index in [1.807, 2.05) is 12.1 Å². The molecule has 0 spiro atoms. The van der Waals surface area contributed by atoms with Gasteiger partial charge >= 0.3 is 0 Å². The topological polar surface area (TPSA) is 71.3 Å². The summed E-state index contributed by atoms with van der Waals surface area (Å²) in [6.45, 7) is 5.13. The Kier molecular flexibility index (Phi) is 5.58. The second kappa shape index (κ2) is 7.22. The van der Waals surface area contributed by atoms with Crippen molar-refractivity contribution in [1.82, 2.24) is 10.0 Å². The van der Waals surface area contributed by atoms with Gasteiger partial charge in [0.05, 0.1) is 6.26 Å². The molecule has 0 saturated carbocycles. The number of sulfonamides is 1. The Morgan fingerprint density at radius 1 is 1.29 bits per heavy atom. The van der Waals surface area contributed by atoms with Gasteiger partial charge in [-0.3, -0.25) is 0 Å². The molecule has 116 valence electrons. The van der Waals surface area contributed by atoms with Gasteiger partial charge in [0.25, 0.3) is 0 Å². The third kappa shape index (κ3) is 4.96. The number of hydrogen-bond donors (Lipinski definition) is 2. The van der Waals surface area contributed by atoms with E-state index in [-0.39, 0.29) is 0 Å². The molecule has 5 nitrogen and oxygen atoms in total. The van der Waals surface area contributed by atoms with Crippen molar-refractivity contribution in [3.63, 3.8) is 0 Å². The van der Waals surface area contributed by atoms with Crippen molar-refractivity contribution in [2.75, 3.05) is 6.54 Å². The molecule has 2 aromatic heterocycles. The number of thiophene rings is 1. The Morgan fingerprint density at radius 3 is 2.76 bits per heavy atom. The van der Waals surface area contributed by atoms with Crippen molar-refractivity contribution < 1.29 is 12.8 Å². The first-order valence-electron chi connectivity index (χ1n) is 6.81. The standard InChI is InChI=1S/C14H20N2O3S2/c1-11(2)15-10-13-5-6-14(20-13)21(17,18)16-8-7-12-4-3-9-19-12/h3-6,9,11,15-16H,7-8,10H2,1-2H3. The molecule has 2 heterocycles. The molecule has 0 aliphatic carbocycles. The molecular weight excluding hydrogens is 308 g/mol. The quantitative estimate of drug-likeness (QED) is 0.780. The first kappa shape index (κ1) is 16.2. The van der Waals surface area contributed by atoms with Gasteiger partial charge in [-0.25, -0.2) is 13.1 Å². The largest absolute Gasteiger partial charge is 0.469 e. The van der Waals surface area contributed by atoms with Crippen molar-refractivity contribution in [3.8, 4) is 0 Å². The molecule has 0 fully saturated rings. The minimum Gasteiger partial charge on any atom is -0.469 e. The summed E-state index contributed by atoms with van der Waals surface area (Å²) in [4.78, 5) is 1.01. The molecule has 0 unspecified atom stereocenters. The molecule has 7 heteroatoms. The highest BCUT2D eigenvalue weighted by Crippen LogP contribution is 2.21. The monoisotopic (exact) mass is 328 g/mol. The van der Waals surface area contributed by atoms with Crippen LogP contribution in [0.4, 0.5) is 0 Å². The highest BCUT2D eigenvalue weighted by atomic mass is 32.2. The van der Waals surface area contributed by atoms with Gasteiger partial charge < -0.3 is 9.73 Å². The van der Waals surface area contributed by atoms with E-state index in [4.69, 9.17) is 4.42 Å². The lowest BCUT2D eigenvalue weighted by molar-refractivity contribution is 0.506. The summed E-state index contributed by atoms with van der Waals surface area (Å²) in [5, 5.41) is 3.27. The highest BCUT2D eigenvalue weighted by Gasteiger charge is 2.16. The molecule has 0 atom stereocenters. The maximum absolute atomic E-state index is 12.2. The van der Waals surface area contributed by atoms with E-state index >= 15 is 0 Å². The smallest absolute Gasteiger partial charge is 0.250 e. The summed E-state index contributed by atoms with van der Waals surface area (Å²) < 4.78 is 32.4. The molecule has 0 saturated heterocycles. The van der Waals surface area contributed by atoms with Gasteiger partial charge in [0, 0.05) is 30.4 Å². The summed E-state index contributed by atoms with van der Waals surface area (Å²) in [6, 6.07) is 7.49. The lowest BCUT2D eigenvalue weighted by atomic mass is 10.3. The van der Waals surface area contributed by atoms with E-state index in [1.165, 1.54) is 11.3 Å². The zero-order valence-corrected chi connectivity index (χ0v) is 13.8. The van der Waals surface area contributed by atoms with Crippen LogP contribution in [0.3, 0.4) is 0 Å². The minimum atomic E-state index is -3.43. The van der Waals surface area contributed by atoms with Crippen molar-refractivity contribution in [2.24, 2.45) is 0 Å². The zero-order chi connectivity index (χ0) is 15.3. The summed E-state index contributed by atoms with van der Waals surface area (Å²) in [7, 11) is -3.43. The lowest BCUT2D eigenvalue weighted by Gasteiger charge is -2.05. The van der Waals surface area contributed by atoms with Gasteiger partial charge in [0.2, 0.25) is 10.0 Å². The van der Waals surface area contributed by atoms with E-state index in [0.717, 1.165) is 10.6 Å². The normalized spacial score (nSPS) is 12.1. The molecule has 2 aromatic rings. The van der Waals surface area contributed by atoms with Gasteiger partial charge in [0.1, 0.15) is 9.97 Å². The Balaban J connectivity index is 1.89. The van der Waals surface area contributed by atoms with E-state index in [1.54, 1.807) is 18.4 Å². The Hall–Kier alpha value is -1.15. The fourth-order valence-electron chi connectivity index (χ4n) is 1.74. The maximum atomic E-state index is 12.2. The van der Waals surface area contributed by atoms with Crippen molar-refractivity contribution in [2.45, 2.75) is 37.1 Å². The van der Waals surface area contributed by atoms with E-state index in [9.17, 15) is 8.42 Å². The molecule has 0 radical (unpaired) electrons. The average Bonchev–Trinajstić information content (AvgIpc) is 3.07. The van der Waals surface area contributed by atoms with Crippen LogP contribution in [-0.4, -0.2) is 21.0 Å². The molecule has 0 aliphatic heterocycles. The molecule has 0 aliphatic rings. The lowest BCUT2D eigenvalue weighted by Crippen LogP contribution is -2.25. The fraction of sp³-hybridized carbons (Fsp3) is 0.429. The predicted molar refractivity (Wildman–Crippen MR) is 83.9 cm³/mol. The van der Waals surface area contributed by atoms with Gasteiger partial charge in [-0.05, 0) is 24.3 Å². The van der Waals surface area contributed by atoms with Crippen LogP contribution in [0.25, 0.3) is 0 Å². The van der Waals surface area contributed by atoms with E-state index < -0.39 is 10.0 Å². The summed E-state index contributed by atoms with van der Waals surface area (Å²) in [6.07, 6.45) is 2.12. The number of rotatable bonds is 8. The SMILES string of the molecule is CC(C)NCc1ccc(S(=O)(=O)NCCc2ccco2)s1. The van der Waals surface area contributed by atoms with Gasteiger partial charge in [-0.2, -0.15) is 0 Å². The molecule has 21 heavy (non-hydrogen) atoms. The Bertz CT molecular complexity index is 646. The second-order valence-corrected chi connectivity index (χ2v) is 8.15. The molecule has 0 amide bonds. The first-order chi connectivity index (χ1) is 9.97. The number of furan rings is 1. The molecule has 0 bridgehead atoms. The van der Waals surface area contributed by atoms with Gasteiger partial charge in [0.15, 0.2) is 0 Å². The van der Waals surface area contributed by atoms with E-state index in [2.05, 4.69) is 23.9 Å². The third-order valence-corrected chi connectivity index (χ3v) is 5.87. The van der Waals surface area contributed by atoms with Crippen LogP contribution in [0, 0.1) is 0 Å². The second-order valence-electron chi connectivity index (χ2n) is 4.98.